The number of benzene rings is 1. The van der Waals surface area contributed by atoms with Crippen LogP contribution >= 0.6 is 0 Å². The van der Waals surface area contributed by atoms with E-state index >= 15 is 0 Å². The SMILES string of the molecule is C[Si](C)(C)CCOCN(c1ncccn1)S(=O)(=O)c1ccc(N)cc1. The van der Waals surface area contributed by atoms with Gasteiger partial charge in [-0.15, -0.1) is 0 Å². The third-order valence-electron chi connectivity index (χ3n) is 3.45. The highest BCUT2D eigenvalue weighted by atomic mass is 32.2. The van der Waals surface area contributed by atoms with Crippen molar-refractivity contribution in [2.24, 2.45) is 0 Å². The Bertz CT molecular complexity index is 777. The first kappa shape index (κ1) is 19.4. The van der Waals surface area contributed by atoms with Crippen LogP contribution in [-0.4, -0.2) is 39.8 Å². The highest BCUT2D eigenvalue weighted by molar-refractivity contribution is 7.92. The minimum atomic E-state index is -3.85. The minimum absolute atomic E-state index is 0.0762. The molecule has 0 atom stereocenters. The maximum Gasteiger partial charge on any atom is 0.268 e. The van der Waals surface area contributed by atoms with Gasteiger partial charge in [0.15, 0.2) is 0 Å². The Morgan fingerprint density at radius 3 is 2.28 bits per heavy atom. The summed E-state index contributed by atoms with van der Waals surface area (Å²) in [6.07, 6.45) is 2.99. The molecular formula is C16H24N4O3SSi. The van der Waals surface area contributed by atoms with Crippen LogP contribution in [0.4, 0.5) is 11.6 Å². The molecule has 2 aromatic rings. The number of sulfonamides is 1. The van der Waals surface area contributed by atoms with Crippen LogP contribution in [-0.2, 0) is 14.8 Å². The molecule has 0 fully saturated rings. The zero-order valence-corrected chi connectivity index (χ0v) is 16.5. The van der Waals surface area contributed by atoms with E-state index in [1.54, 1.807) is 18.2 Å². The molecule has 1 heterocycles. The molecule has 1 aromatic heterocycles. The van der Waals surface area contributed by atoms with Gasteiger partial charge in [-0.25, -0.2) is 22.7 Å². The number of hydrogen-bond donors (Lipinski definition) is 1. The monoisotopic (exact) mass is 380 g/mol. The Morgan fingerprint density at radius 1 is 1.12 bits per heavy atom. The van der Waals surface area contributed by atoms with Gasteiger partial charge in [0.1, 0.15) is 6.73 Å². The van der Waals surface area contributed by atoms with Crippen molar-refractivity contribution < 1.29 is 13.2 Å². The fourth-order valence-corrected chi connectivity index (χ4v) is 3.96. The lowest BCUT2D eigenvalue weighted by molar-refractivity contribution is 0.155. The molecule has 0 unspecified atom stereocenters. The van der Waals surface area contributed by atoms with Crippen molar-refractivity contribution in [3.05, 3.63) is 42.7 Å². The highest BCUT2D eigenvalue weighted by Gasteiger charge is 2.27. The zero-order chi connectivity index (χ0) is 18.5. The van der Waals surface area contributed by atoms with Crippen LogP contribution in [0, 0.1) is 0 Å². The van der Waals surface area contributed by atoms with Gasteiger partial charge < -0.3 is 10.5 Å². The quantitative estimate of drug-likeness (QED) is 0.327. The summed E-state index contributed by atoms with van der Waals surface area (Å²) in [5, 5.41) is 0. The maximum absolute atomic E-state index is 13.0. The van der Waals surface area contributed by atoms with E-state index in [0.717, 1.165) is 10.3 Å². The molecule has 0 aliphatic carbocycles. The van der Waals surface area contributed by atoms with Crippen molar-refractivity contribution in [1.82, 2.24) is 9.97 Å². The standard InChI is InChI=1S/C16H24N4O3SSi/c1-25(2,3)12-11-23-13-20(16-18-9-4-10-19-16)24(21,22)15-7-5-14(17)6-8-15/h4-10H,11-13,17H2,1-3H3. The van der Waals surface area contributed by atoms with Gasteiger partial charge in [0, 0.05) is 32.8 Å². The number of hydrogen-bond acceptors (Lipinski definition) is 6. The van der Waals surface area contributed by atoms with Gasteiger partial charge in [0.2, 0.25) is 5.95 Å². The van der Waals surface area contributed by atoms with Crippen molar-refractivity contribution in [1.29, 1.82) is 0 Å². The molecule has 0 aliphatic heterocycles. The lowest BCUT2D eigenvalue weighted by Gasteiger charge is -2.23. The molecule has 7 nitrogen and oxygen atoms in total. The van der Waals surface area contributed by atoms with Crippen LogP contribution < -0.4 is 10.0 Å². The van der Waals surface area contributed by atoms with E-state index in [0.29, 0.717) is 12.3 Å². The Hall–Kier alpha value is -1.97. The van der Waals surface area contributed by atoms with Gasteiger partial charge in [0.25, 0.3) is 10.0 Å². The number of nitrogen functional groups attached to an aromatic ring is 1. The highest BCUT2D eigenvalue weighted by Crippen LogP contribution is 2.21. The normalized spacial score (nSPS) is 12.1. The van der Waals surface area contributed by atoms with Crippen LogP contribution in [0.5, 0.6) is 0 Å². The summed E-state index contributed by atoms with van der Waals surface area (Å²) < 4.78 is 32.6. The van der Waals surface area contributed by atoms with E-state index in [1.165, 1.54) is 24.5 Å². The lowest BCUT2D eigenvalue weighted by Crippen LogP contribution is -2.35. The molecule has 2 N–H and O–H groups in total. The lowest BCUT2D eigenvalue weighted by atomic mass is 10.3. The molecule has 0 bridgehead atoms. The molecule has 0 saturated heterocycles. The van der Waals surface area contributed by atoms with Crippen LogP contribution in [0.3, 0.4) is 0 Å². The summed E-state index contributed by atoms with van der Waals surface area (Å²) in [5.74, 6) is 0.0762. The topological polar surface area (TPSA) is 98.4 Å². The predicted octanol–water partition coefficient (Wildman–Crippen LogP) is 2.57. The van der Waals surface area contributed by atoms with E-state index in [-0.39, 0.29) is 17.6 Å². The largest absolute Gasteiger partial charge is 0.399 e. The number of nitrogens with two attached hydrogens (primary N) is 1. The predicted molar refractivity (Wildman–Crippen MR) is 102 cm³/mol. The first-order chi connectivity index (χ1) is 11.7. The fourth-order valence-electron chi connectivity index (χ4n) is 1.95. The minimum Gasteiger partial charge on any atom is -0.399 e. The van der Waals surface area contributed by atoms with Crippen molar-refractivity contribution in [3.63, 3.8) is 0 Å². The fraction of sp³-hybridized carbons (Fsp3) is 0.375. The first-order valence-corrected chi connectivity index (χ1v) is 13.1. The molecule has 136 valence electrons. The molecular weight excluding hydrogens is 356 g/mol. The smallest absolute Gasteiger partial charge is 0.268 e. The molecule has 9 heteroatoms. The second kappa shape index (κ2) is 7.94. The Labute approximate surface area is 149 Å². The third-order valence-corrected chi connectivity index (χ3v) is 6.87. The summed E-state index contributed by atoms with van der Waals surface area (Å²) in [6.45, 7) is 7.07. The van der Waals surface area contributed by atoms with Gasteiger partial charge in [0.05, 0.1) is 4.90 Å². The van der Waals surface area contributed by atoms with Gasteiger partial charge in [-0.2, -0.15) is 0 Å². The molecule has 0 aliphatic rings. The zero-order valence-electron chi connectivity index (χ0n) is 14.7. The summed E-state index contributed by atoms with van der Waals surface area (Å²) in [5.41, 5.74) is 6.14. The summed E-state index contributed by atoms with van der Waals surface area (Å²) in [6, 6.07) is 8.58. The van der Waals surface area contributed by atoms with Crippen molar-refractivity contribution in [2.45, 2.75) is 30.6 Å². The van der Waals surface area contributed by atoms with Crippen LogP contribution in [0.2, 0.25) is 25.7 Å². The van der Waals surface area contributed by atoms with E-state index < -0.39 is 18.1 Å². The van der Waals surface area contributed by atoms with Gasteiger partial charge in [-0.3, -0.25) is 0 Å². The van der Waals surface area contributed by atoms with E-state index in [4.69, 9.17) is 10.5 Å². The number of anilines is 2. The van der Waals surface area contributed by atoms with Gasteiger partial charge in [-0.1, -0.05) is 19.6 Å². The Morgan fingerprint density at radius 2 is 1.72 bits per heavy atom. The molecule has 2 rings (SSSR count). The van der Waals surface area contributed by atoms with E-state index in [1.807, 2.05) is 0 Å². The number of rotatable bonds is 8. The molecule has 0 saturated carbocycles. The summed E-state index contributed by atoms with van der Waals surface area (Å²) in [4.78, 5) is 8.22. The molecule has 0 radical (unpaired) electrons. The van der Waals surface area contributed by atoms with Crippen molar-refractivity contribution in [2.75, 3.05) is 23.4 Å². The van der Waals surface area contributed by atoms with Crippen molar-refractivity contribution in [3.8, 4) is 0 Å². The van der Waals surface area contributed by atoms with Gasteiger partial charge in [-0.05, 0) is 36.4 Å². The molecule has 0 spiro atoms. The van der Waals surface area contributed by atoms with Crippen molar-refractivity contribution >= 4 is 29.7 Å². The van der Waals surface area contributed by atoms with Crippen LogP contribution in [0.1, 0.15) is 0 Å². The molecule has 25 heavy (non-hydrogen) atoms. The summed E-state index contributed by atoms with van der Waals surface area (Å²) >= 11 is 0. The number of nitrogens with zero attached hydrogens (tertiary/aromatic N) is 3. The second-order valence-corrected chi connectivity index (χ2v) is 14.3. The Balaban J connectivity index is 2.24. The molecule has 1 aromatic carbocycles. The van der Waals surface area contributed by atoms with E-state index in [9.17, 15) is 8.42 Å². The second-order valence-electron chi connectivity index (χ2n) is 6.82. The number of ether oxygens (including phenoxy) is 1. The Kier molecular flexibility index (Phi) is 6.14. The van der Waals surface area contributed by atoms with Crippen LogP contribution in [0.25, 0.3) is 0 Å². The summed E-state index contributed by atoms with van der Waals surface area (Å²) in [7, 11) is -5.11. The number of aromatic nitrogens is 2. The first-order valence-electron chi connectivity index (χ1n) is 7.93. The van der Waals surface area contributed by atoms with Crippen LogP contribution in [0.15, 0.2) is 47.6 Å². The third kappa shape index (κ3) is 5.51. The maximum atomic E-state index is 13.0. The van der Waals surface area contributed by atoms with E-state index in [2.05, 4.69) is 29.6 Å². The average Bonchev–Trinajstić information content (AvgIpc) is 2.54. The molecule has 0 amide bonds. The average molecular weight is 381 g/mol. The van der Waals surface area contributed by atoms with Gasteiger partial charge >= 0.3 is 0 Å².